The quantitative estimate of drug-likeness (QED) is 0.375. The highest BCUT2D eigenvalue weighted by Crippen LogP contribution is 2.38. The summed E-state index contributed by atoms with van der Waals surface area (Å²) < 4.78 is 0. The van der Waals surface area contributed by atoms with Crippen molar-refractivity contribution in [3.05, 3.63) is 12.2 Å². The molecule has 1 amide bonds. The molecule has 0 unspecified atom stereocenters. The minimum Gasteiger partial charge on any atom is -0.358 e. The Morgan fingerprint density at radius 2 is 2.24 bits per heavy atom. The van der Waals surface area contributed by atoms with E-state index in [0.29, 0.717) is 23.0 Å². The number of carbonyl (C=O) groups excluding carboxylic acids is 1. The predicted molar refractivity (Wildman–Crippen MR) is 66.4 cm³/mol. The normalized spacial score (nSPS) is 28.5. The first-order valence-corrected chi connectivity index (χ1v) is 6.00. The highest BCUT2D eigenvalue weighted by atomic mass is 32.1. The van der Waals surface area contributed by atoms with Crippen molar-refractivity contribution < 1.29 is 4.79 Å². The molecule has 90 valence electrons. The topological polar surface area (TPSA) is 77.0 Å². The van der Waals surface area contributed by atoms with Gasteiger partial charge in [0, 0.05) is 6.04 Å². The van der Waals surface area contributed by atoms with Crippen LogP contribution in [0.2, 0.25) is 0 Å². The Labute approximate surface area is 105 Å². The number of carbonyl (C=O) groups is 1. The van der Waals surface area contributed by atoms with Gasteiger partial charge in [-0.3, -0.25) is 15.6 Å². The molecule has 2 rings (SSSR count). The third kappa shape index (κ3) is 2.94. The number of rotatable bonds is 2. The zero-order chi connectivity index (χ0) is 12.3. The molecule has 0 spiro atoms. The molecular formula is C11H14N4OS. The summed E-state index contributed by atoms with van der Waals surface area (Å²) in [5.41, 5.74) is 4.97. The lowest BCUT2D eigenvalue weighted by Gasteiger charge is -2.21. The van der Waals surface area contributed by atoms with Gasteiger partial charge in [-0.15, -0.1) is 0 Å². The van der Waals surface area contributed by atoms with Gasteiger partial charge < -0.3 is 5.32 Å². The second-order valence-electron chi connectivity index (χ2n) is 4.37. The van der Waals surface area contributed by atoms with Crippen molar-refractivity contribution in [1.29, 1.82) is 5.26 Å². The molecule has 6 heteroatoms. The van der Waals surface area contributed by atoms with E-state index >= 15 is 0 Å². The molecular weight excluding hydrogens is 236 g/mol. The minimum absolute atomic E-state index is 0.174. The number of nitrogens with one attached hydrogen (secondary N) is 3. The van der Waals surface area contributed by atoms with Gasteiger partial charge >= 0.3 is 0 Å². The third-order valence-electron chi connectivity index (χ3n) is 3.15. The number of amides is 1. The predicted octanol–water partition coefficient (Wildman–Crippen LogP) is 0.360. The van der Waals surface area contributed by atoms with E-state index in [4.69, 9.17) is 17.5 Å². The fourth-order valence-corrected chi connectivity index (χ4v) is 2.60. The lowest BCUT2D eigenvalue weighted by atomic mass is 10.0. The van der Waals surface area contributed by atoms with Crippen LogP contribution in [-0.4, -0.2) is 17.1 Å². The van der Waals surface area contributed by atoms with Crippen LogP contribution in [0.4, 0.5) is 0 Å². The number of hydrogen-bond donors (Lipinski definition) is 3. The standard InChI is InChI=1S/C11H14N4OS/c12-4-3-10(16)14-15-11(17)13-9-6-7-1-2-8(9)5-7/h1-2,7-9H,3,5-6H2,(H,14,16)(H2,13,15,17)/t7-,8-,9+/m0/s1. The number of hydrogen-bond acceptors (Lipinski definition) is 3. The maximum Gasteiger partial charge on any atom is 0.252 e. The van der Waals surface area contributed by atoms with Crippen molar-refractivity contribution in [2.75, 3.05) is 0 Å². The van der Waals surface area contributed by atoms with Gasteiger partial charge in [0.1, 0.15) is 6.42 Å². The molecule has 2 aliphatic carbocycles. The van der Waals surface area contributed by atoms with E-state index in [9.17, 15) is 4.79 Å². The van der Waals surface area contributed by atoms with Crippen LogP contribution in [0.15, 0.2) is 12.2 Å². The number of allylic oxidation sites excluding steroid dienone is 1. The fraction of sp³-hybridized carbons (Fsp3) is 0.545. The Bertz CT molecular complexity index is 401. The molecule has 0 saturated heterocycles. The molecule has 0 aromatic heterocycles. The van der Waals surface area contributed by atoms with Gasteiger partial charge in [-0.1, -0.05) is 12.2 Å². The SMILES string of the molecule is N#CCC(=O)NNC(=S)N[C@@H]1C[C@H]2C=C[C@H]1C2. The Hall–Kier alpha value is -1.61. The van der Waals surface area contributed by atoms with Gasteiger partial charge in [-0.2, -0.15) is 5.26 Å². The lowest BCUT2D eigenvalue weighted by Crippen LogP contribution is -2.50. The van der Waals surface area contributed by atoms with Crippen molar-refractivity contribution >= 4 is 23.2 Å². The zero-order valence-electron chi connectivity index (χ0n) is 9.27. The Balaban J connectivity index is 1.70. The average molecular weight is 250 g/mol. The van der Waals surface area contributed by atoms with Crippen LogP contribution in [0.5, 0.6) is 0 Å². The van der Waals surface area contributed by atoms with Crippen LogP contribution in [-0.2, 0) is 4.79 Å². The van der Waals surface area contributed by atoms with Gasteiger partial charge in [0.2, 0.25) is 0 Å². The summed E-state index contributed by atoms with van der Waals surface area (Å²) in [6.07, 6.45) is 6.60. The molecule has 3 N–H and O–H groups in total. The summed E-state index contributed by atoms with van der Waals surface area (Å²) in [6, 6.07) is 2.12. The molecule has 1 saturated carbocycles. The van der Waals surface area contributed by atoms with Gasteiger partial charge in [-0.25, -0.2) is 0 Å². The summed E-state index contributed by atoms with van der Waals surface area (Å²) in [6.45, 7) is 0. The van der Waals surface area contributed by atoms with Gasteiger partial charge in [0.05, 0.1) is 6.07 Å². The largest absolute Gasteiger partial charge is 0.358 e. The molecule has 0 heterocycles. The van der Waals surface area contributed by atoms with Crippen molar-refractivity contribution in [1.82, 2.24) is 16.2 Å². The number of nitrogens with zero attached hydrogens (tertiary/aromatic N) is 1. The number of fused-ring (bicyclic) bond motifs is 2. The molecule has 0 aliphatic heterocycles. The van der Waals surface area contributed by atoms with Crippen molar-refractivity contribution in [2.24, 2.45) is 11.8 Å². The van der Waals surface area contributed by atoms with Crippen molar-refractivity contribution in [3.63, 3.8) is 0 Å². The van der Waals surface area contributed by atoms with Crippen LogP contribution in [0.1, 0.15) is 19.3 Å². The van der Waals surface area contributed by atoms with Crippen LogP contribution < -0.4 is 16.2 Å². The highest BCUT2D eigenvalue weighted by molar-refractivity contribution is 7.80. The molecule has 2 bridgehead atoms. The molecule has 0 aromatic carbocycles. The molecule has 2 aliphatic rings. The smallest absolute Gasteiger partial charge is 0.252 e. The van der Waals surface area contributed by atoms with Gasteiger partial charge in [0.15, 0.2) is 5.11 Å². The number of thiocarbonyl (C=S) groups is 1. The molecule has 17 heavy (non-hydrogen) atoms. The van der Waals surface area contributed by atoms with Crippen LogP contribution in [0.3, 0.4) is 0 Å². The van der Waals surface area contributed by atoms with E-state index in [1.807, 2.05) is 0 Å². The molecule has 3 atom stereocenters. The van der Waals surface area contributed by atoms with Crippen LogP contribution in [0.25, 0.3) is 0 Å². The summed E-state index contributed by atoms with van der Waals surface area (Å²) in [5, 5.41) is 11.9. The van der Waals surface area contributed by atoms with E-state index < -0.39 is 0 Å². The lowest BCUT2D eigenvalue weighted by molar-refractivity contribution is -0.120. The molecule has 0 radical (unpaired) electrons. The third-order valence-corrected chi connectivity index (χ3v) is 3.37. The van der Waals surface area contributed by atoms with Crippen molar-refractivity contribution in [2.45, 2.75) is 25.3 Å². The molecule has 1 fully saturated rings. The average Bonchev–Trinajstić information content (AvgIpc) is 2.88. The zero-order valence-corrected chi connectivity index (χ0v) is 10.1. The van der Waals surface area contributed by atoms with Gasteiger partial charge in [0.25, 0.3) is 5.91 Å². The summed E-state index contributed by atoms with van der Waals surface area (Å²) in [5.74, 6) is 0.840. The van der Waals surface area contributed by atoms with E-state index in [0.717, 1.165) is 6.42 Å². The maximum absolute atomic E-state index is 11.0. The minimum atomic E-state index is -0.385. The first-order chi connectivity index (χ1) is 8.19. The summed E-state index contributed by atoms with van der Waals surface area (Å²) >= 11 is 5.06. The van der Waals surface area contributed by atoms with E-state index in [1.165, 1.54) is 6.42 Å². The highest BCUT2D eigenvalue weighted by Gasteiger charge is 2.35. The second-order valence-corrected chi connectivity index (χ2v) is 4.78. The van der Waals surface area contributed by atoms with E-state index in [2.05, 4.69) is 28.3 Å². The van der Waals surface area contributed by atoms with E-state index in [1.54, 1.807) is 6.07 Å². The monoisotopic (exact) mass is 250 g/mol. The Morgan fingerprint density at radius 3 is 2.82 bits per heavy atom. The first-order valence-electron chi connectivity index (χ1n) is 5.59. The Morgan fingerprint density at radius 1 is 1.41 bits per heavy atom. The van der Waals surface area contributed by atoms with Crippen molar-refractivity contribution in [3.8, 4) is 6.07 Å². The summed E-state index contributed by atoms with van der Waals surface area (Å²) in [7, 11) is 0. The fourth-order valence-electron chi connectivity index (χ4n) is 2.39. The number of hydrazine groups is 1. The Kier molecular flexibility index (Phi) is 3.59. The maximum atomic E-state index is 11.0. The molecule has 0 aromatic rings. The van der Waals surface area contributed by atoms with Crippen LogP contribution in [0, 0.1) is 23.2 Å². The van der Waals surface area contributed by atoms with E-state index in [-0.39, 0.29) is 12.3 Å². The van der Waals surface area contributed by atoms with Gasteiger partial charge in [-0.05, 0) is 36.9 Å². The molecule has 5 nitrogen and oxygen atoms in total. The van der Waals surface area contributed by atoms with Crippen LogP contribution >= 0.6 is 12.2 Å². The first kappa shape index (κ1) is 11.9. The number of nitriles is 1. The second kappa shape index (κ2) is 5.15. The summed E-state index contributed by atoms with van der Waals surface area (Å²) in [4.78, 5) is 11.0.